The van der Waals surface area contributed by atoms with E-state index in [1.165, 1.54) is 0 Å². The smallest absolute Gasteiger partial charge is 0.316 e. The van der Waals surface area contributed by atoms with Gasteiger partial charge in [-0.15, -0.1) is 0 Å². The van der Waals surface area contributed by atoms with Crippen molar-refractivity contribution in [3.05, 3.63) is 35.9 Å². The molecule has 0 spiro atoms. The molecule has 0 saturated carbocycles. The predicted octanol–water partition coefficient (Wildman–Crippen LogP) is 3.46. The summed E-state index contributed by atoms with van der Waals surface area (Å²) in [7, 11) is 2.16. The molecule has 27 heavy (non-hydrogen) atoms. The molecule has 148 valence electrons. The Morgan fingerprint density at radius 2 is 1.93 bits per heavy atom. The van der Waals surface area contributed by atoms with E-state index in [1.807, 2.05) is 30.3 Å². The van der Waals surface area contributed by atoms with E-state index in [0.29, 0.717) is 30.9 Å². The first-order valence-electron chi connectivity index (χ1n) is 9.97. The lowest BCUT2D eigenvalue weighted by Crippen LogP contribution is -2.48. The second kappa shape index (κ2) is 8.19. The van der Waals surface area contributed by atoms with Crippen LogP contribution in [0.25, 0.3) is 0 Å². The molecule has 6 heteroatoms. The maximum absolute atomic E-state index is 13.0. The normalized spacial score (nSPS) is 34.0. The number of likely N-dealkylation sites (N-methyl/N-ethyl adjacent to an activating group) is 1. The van der Waals surface area contributed by atoms with Gasteiger partial charge in [-0.3, -0.25) is 9.69 Å². The van der Waals surface area contributed by atoms with Crippen molar-refractivity contribution in [3.8, 4) is 0 Å². The summed E-state index contributed by atoms with van der Waals surface area (Å²) in [5.74, 6) is -0.577. The third-order valence-electron chi connectivity index (χ3n) is 6.10. The summed E-state index contributed by atoms with van der Waals surface area (Å²) in [5.41, 5.74) is 0.945. The van der Waals surface area contributed by atoms with Gasteiger partial charge >= 0.3 is 5.97 Å². The quantitative estimate of drug-likeness (QED) is 0.354. The molecule has 1 unspecified atom stereocenters. The number of rotatable bonds is 8. The number of epoxide rings is 1. The summed E-state index contributed by atoms with van der Waals surface area (Å²) in [4.78, 5) is 15.4. The van der Waals surface area contributed by atoms with Crippen LogP contribution in [0.15, 0.2) is 30.3 Å². The van der Waals surface area contributed by atoms with Crippen molar-refractivity contribution in [2.24, 2.45) is 0 Å². The zero-order valence-corrected chi connectivity index (χ0v) is 17.5. The van der Waals surface area contributed by atoms with Gasteiger partial charge in [-0.05, 0) is 19.0 Å². The van der Waals surface area contributed by atoms with Crippen molar-refractivity contribution in [3.63, 3.8) is 0 Å². The van der Waals surface area contributed by atoms with Crippen LogP contribution in [0.2, 0.25) is 0 Å². The Morgan fingerprint density at radius 1 is 1.26 bits per heavy atom. The Hall–Kier alpha value is -0.950. The van der Waals surface area contributed by atoms with E-state index in [2.05, 4.69) is 34.8 Å². The second-order valence-corrected chi connectivity index (χ2v) is 8.91. The maximum atomic E-state index is 13.0. The predicted molar refractivity (Wildman–Crippen MR) is 106 cm³/mol. The van der Waals surface area contributed by atoms with E-state index in [9.17, 15) is 4.79 Å². The molecular formula is C21H28BrNO4. The number of fused-ring (bicyclic) bond motifs is 5. The van der Waals surface area contributed by atoms with Gasteiger partial charge in [-0.2, -0.15) is 0 Å². The molecule has 1 aromatic rings. The van der Waals surface area contributed by atoms with Gasteiger partial charge in [-0.25, -0.2) is 0 Å². The lowest BCUT2D eigenvalue weighted by molar-refractivity contribution is -0.157. The van der Waals surface area contributed by atoms with Gasteiger partial charge in [0.05, 0.1) is 6.61 Å². The summed E-state index contributed by atoms with van der Waals surface area (Å²) < 4.78 is 17.6. The minimum Gasteiger partial charge on any atom is -0.462 e. The Morgan fingerprint density at radius 3 is 2.56 bits per heavy atom. The largest absolute Gasteiger partial charge is 0.462 e. The molecule has 0 N–H and O–H groups in total. The molecule has 3 heterocycles. The van der Waals surface area contributed by atoms with Crippen LogP contribution in [0.3, 0.4) is 0 Å². The lowest BCUT2D eigenvalue weighted by atomic mass is 9.97. The molecule has 1 aromatic carbocycles. The van der Waals surface area contributed by atoms with Crippen LogP contribution in [-0.4, -0.2) is 59.9 Å². The standard InChI is InChI=1S/C21H28BrNO4/c1-3-7-18(22)25-12-15(13-8-5-4-6-9-13)21(24)26-14-10-16-19-20(27-19)17(11-14)23(16)2/h4-6,8-9,14-20H,3,7,10-12H2,1-2H3/t14-,15-,16-,17+,18?,19-,20+/m1/s1. The number of halogens is 1. The number of alkyl halides is 1. The molecule has 3 fully saturated rings. The van der Waals surface area contributed by atoms with Gasteiger partial charge in [-0.1, -0.05) is 59.6 Å². The first-order valence-corrected chi connectivity index (χ1v) is 10.9. The fourth-order valence-corrected chi connectivity index (χ4v) is 5.15. The summed E-state index contributed by atoms with van der Waals surface area (Å²) in [6.45, 7) is 2.44. The monoisotopic (exact) mass is 437 g/mol. The van der Waals surface area contributed by atoms with Gasteiger partial charge in [0.15, 0.2) is 0 Å². The molecule has 0 aliphatic carbocycles. The van der Waals surface area contributed by atoms with Gasteiger partial charge < -0.3 is 14.2 Å². The zero-order chi connectivity index (χ0) is 19.0. The van der Waals surface area contributed by atoms with Crippen molar-refractivity contribution in [2.75, 3.05) is 13.7 Å². The maximum Gasteiger partial charge on any atom is 0.316 e. The minimum absolute atomic E-state index is 0.0262. The van der Waals surface area contributed by atoms with Crippen LogP contribution in [0.4, 0.5) is 0 Å². The van der Waals surface area contributed by atoms with Crippen molar-refractivity contribution < 1.29 is 19.0 Å². The Kier molecular flexibility index (Phi) is 5.88. The summed E-state index contributed by atoms with van der Waals surface area (Å²) >= 11 is 3.54. The van der Waals surface area contributed by atoms with Crippen molar-refractivity contribution in [1.82, 2.24) is 4.90 Å². The number of hydrogen-bond acceptors (Lipinski definition) is 5. The van der Waals surface area contributed by atoms with Crippen LogP contribution < -0.4 is 0 Å². The Balaban J connectivity index is 1.40. The summed E-state index contributed by atoms with van der Waals surface area (Å²) in [6.07, 6.45) is 4.33. The molecule has 7 atom stereocenters. The average Bonchev–Trinajstić information content (AvgIpc) is 3.41. The fraction of sp³-hybridized carbons (Fsp3) is 0.667. The third kappa shape index (κ3) is 4.09. The van der Waals surface area contributed by atoms with Gasteiger partial charge in [0, 0.05) is 24.9 Å². The van der Waals surface area contributed by atoms with Crippen LogP contribution in [0.5, 0.6) is 0 Å². The summed E-state index contributed by atoms with van der Waals surface area (Å²) in [6, 6.07) is 10.6. The number of carbonyl (C=O) groups is 1. The number of esters is 1. The molecule has 3 saturated heterocycles. The number of hydrogen-bond donors (Lipinski definition) is 0. The van der Waals surface area contributed by atoms with Crippen molar-refractivity contribution in [1.29, 1.82) is 0 Å². The van der Waals surface area contributed by atoms with E-state index in [0.717, 1.165) is 31.2 Å². The van der Waals surface area contributed by atoms with Crippen LogP contribution in [0.1, 0.15) is 44.1 Å². The van der Waals surface area contributed by atoms with E-state index in [1.54, 1.807) is 0 Å². The molecular weight excluding hydrogens is 410 g/mol. The Labute approximate surface area is 169 Å². The molecule has 0 radical (unpaired) electrons. The first kappa shape index (κ1) is 19.4. The highest BCUT2D eigenvalue weighted by atomic mass is 79.9. The van der Waals surface area contributed by atoms with Gasteiger partial charge in [0.25, 0.3) is 0 Å². The number of carbonyl (C=O) groups excluding carboxylic acids is 1. The average molecular weight is 438 g/mol. The number of benzene rings is 1. The van der Waals surface area contributed by atoms with Gasteiger partial charge in [0.2, 0.25) is 0 Å². The molecule has 0 amide bonds. The van der Waals surface area contributed by atoms with E-state index < -0.39 is 5.92 Å². The molecule has 2 bridgehead atoms. The number of ether oxygens (including phenoxy) is 3. The van der Waals surface area contributed by atoms with Crippen LogP contribution >= 0.6 is 15.9 Å². The highest BCUT2D eigenvalue weighted by Crippen LogP contribution is 2.48. The lowest BCUT2D eigenvalue weighted by Gasteiger charge is -2.38. The number of nitrogens with zero attached hydrogens (tertiary/aromatic N) is 1. The van der Waals surface area contributed by atoms with Gasteiger partial charge in [0.1, 0.15) is 29.2 Å². The van der Waals surface area contributed by atoms with Crippen LogP contribution in [-0.2, 0) is 19.0 Å². The number of morpholine rings is 1. The molecule has 3 aliphatic heterocycles. The topological polar surface area (TPSA) is 51.3 Å². The SMILES string of the molecule is CCCC(Br)OC[C@@H](C(=O)O[C@@H]1C[C@@H]2[C@H]3O[C@H]3[C@H](C1)N2C)c1ccccc1. The third-order valence-corrected chi connectivity index (χ3v) is 6.83. The minimum atomic E-state index is -0.397. The van der Waals surface area contributed by atoms with Crippen molar-refractivity contribution >= 4 is 21.9 Å². The molecule has 3 aliphatic rings. The zero-order valence-electron chi connectivity index (χ0n) is 15.9. The van der Waals surface area contributed by atoms with E-state index in [-0.39, 0.29) is 17.1 Å². The Bertz CT molecular complexity index is 639. The van der Waals surface area contributed by atoms with E-state index in [4.69, 9.17) is 14.2 Å². The van der Waals surface area contributed by atoms with Crippen molar-refractivity contribution in [2.45, 2.75) is 73.9 Å². The molecule has 0 aromatic heterocycles. The highest BCUT2D eigenvalue weighted by molar-refractivity contribution is 9.09. The second-order valence-electron chi connectivity index (χ2n) is 7.89. The molecule has 4 rings (SSSR count). The summed E-state index contributed by atoms with van der Waals surface area (Å²) in [5, 5.41) is -0.0371. The number of piperidine rings is 1. The fourth-order valence-electron chi connectivity index (χ4n) is 4.54. The highest BCUT2D eigenvalue weighted by Gasteiger charge is 2.62. The molecule has 5 nitrogen and oxygen atoms in total. The van der Waals surface area contributed by atoms with Crippen LogP contribution in [0, 0.1) is 0 Å². The van der Waals surface area contributed by atoms with E-state index >= 15 is 0 Å². The first-order chi connectivity index (χ1) is 13.1.